The van der Waals surface area contributed by atoms with Crippen LogP contribution in [0.5, 0.6) is 0 Å². The fourth-order valence-corrected chi connectivity index (χ4v) is 6.20. The van der Waals surface area contributed by atoms with Gasteiger partial charge in [-0.3, -0.25) is 14.3 Å². The summed E-state index contributed by atoms with van der Waals surface area (Å²) in [5.41, 5.74) is 7.44. The summed E-state index contributed by atoms with van der Waals surface area (Å²) in [4.78, 5) is 14.0. The maximum Gasteiger partial charge on any atom is 0.203 e. The van der Waals surface area contributed by atoms with E-state index in [4.69, 9.17) is 5.73 Å². The Labute approximate surface area is 173 Å². The molecule has 9 heteroatoms. The molecule has 0 bridgehead atoms. The van der Waals surface area contributed by atoms with Crippen LogP contribution in [-0.2, 0) is 15.2 Å². The van der Waals surface area contributed by atoms with Crippen molar-refractivity contribution in [1.29, 1.82) is 0 Å². The molecule has 6 nitrogen and oxygen atoms in total. The Balaban J connectivity index is 1.77. The van der Waals surface area contributed by atoms with Crippen molar-refractivity contribution in [2.45, 2.75) is 12.5 Å². The van der Waals surface area contributed by atoms with Crippen molar-refractivity contribution in [1.82, 2.24) is 14.3 Å². The highest BCUT2D eigenvalue weighted by Crippen LogP contribution is 2.41. The average Bonchev–Trinajstić information content (AvgIpc) is 3.09. The number of hydrogen-bond donors (Lipinski definition) is 1. The zero-order valence-corrected chi connectivity index (χ0v) is 17.6. The van der Waals surface area contributed by atoms with Gasteiger partial charge < -0.3 is 5.73 Å². The zero-order chi connectivity index (χ0) is 20.8. The van der Waals surface area contributed by atoms with Crippen LogP contribution in [0.4, 0.5) is 4.39 Å². The number of nitrogens with two attached hydrogens (primary N) is 1. The lowest BCUT2D eigenvalue weighted by atomic mass is 10.0. The van der Waals surface area contributed by atoms with Gasteiger partial charge in [0.15, 0.2) is 0 Å². The smallest absolute Gasteiger partial charge is 0.203 e. The molecule has 0 radical (unpaired) electrons. The molecule has 1 aliphatic heterocycles. The third kappa shape index (κ3) is 3.51. The van der Waals surface area contributed by atoms with Crippen LogP contribution in [0.25, 0.3) is 21.7 Å². The van der Waals surface area contributed by atoms with Crippen LogP contribution in [0.2, 0.25) is 0 Å². The molecule has 2 atom stereocenters. The van der Waals surface area contributed by atoms with E-state index in [1.165, 1.54) is 21.7 Å². The maximum absolute atomic E-state index is 15.0. The molecule has 0 spiro atoms. The van der Waals surface area contributed by atoms with Crippen molar-refractivity contribution >= 4 is 32.9 Å². The molecule has 29 heavy (non-hydrogen) atoms. The molecule has 0 saturated heterocycles. The van der Waals surface area contributed by atoms with Gasteiger partial charge in [0.1, 0.15) is 11.4 Å². The number of halogens is 1. The number of hydrogen-bond acceptors (Lipinski definition) is 6. The normalized spacial score (nSPS) is 24.4. The minimum absolute atomic E-state index is 0.0900. The van der Waals surface area contributed by atoms with E-state index in [-0.39, 0.29) is 11.7 Å². The van der Waals surface area contributed by atoms with Gasteiger partial charge in [-0.25, -0.2) is 13.6 Å². The lowest BCUT2D eigenvalue weighted by Crippen LogP contribution is -2.50. The van der Waals surface area contributed by atoms with Crippen LogP contribution in [0, 0.1) is 5.82 Å². The minimum Gasteiger partial charge on any atom is -0.369 e. The molecule has 3 aromatic heterocycles. The van der Waals surface area contributed by atoms with Crippen LogP contribution in [0.1, 0.15) is 11.8 Å². The molecule has 0 fully saturated rings. The van der Waals surface area contributed by atoms with E-state index in [2.05, 4.69) is 20.8 Å². The molecule has 2 N–H and O–H groups in total. The third-order valence-electron chi connectivity index (χ3n) is 4.89. The molecule has 4 rings (SSSR count). The van der Waals surface area contributed by atoms with Gasteiger partial charge in [0.25, 0.3) is 0 Å². The molecule has 3 aromatic rings. The summed E-state index contributed by atoms with van der Waals surface area (Å²) in [5.74, 6) is 3.57. The second kappa shape index (κ2) is 6.93. The second-order valence-corrected chi connectivity index (χ2v) is 10.5. The first-order valence-corrected chi connectivity index (χ1v) is 11.5. The predicted octanol–water partition coefficient (Wildman–Crippen LogP) is 3.12. The van der Waals surface area contributed by atoms with E-state index in [9.17, 15) is 8.60 Å². The fourth-order valence-electron chi connectivity index (χ4n) is 3.32. The van der Waals surface area contributed by atoms with Crippen molar-refractivity contribution in [3.8, 4) is 21.7 Å². The van der Waals surface area contributed by atoms with E-state index in [1.807, 2.05) is 24.3 Å². The van der Waals surface area contributed by atoms with Crippen molar-refractivity contribution < 1.29 is 8.60 Å². The van der Waals surface area contributed by atoms with E-state index in [0.717, 1.165) is 21.7 Å². The highest BCUT2D eigenvalue weighted by atomic mass is 32.2. The van der Waals surface area contributed by atoms with Gasteiger partial charge in [0, 0.05) is 36.1 Å². The summed E-state index contributed by atoms with van der Waals surface area (Å²) in [7, 11) is -1.09. The largest absolute Gasteiger partial charge is 0.369 e. The highest BCUT2D eigenvalue weighted by Gasteiger charge is 2.40. The number of aromatic nitrogens is 2. The summed E-state index contributed by atoms with van der Waals surface area (Å²) in [6, 6.07) is 8.96. The van der Waals surface area contributed by atoms with E-state index >= 15 is 0 Å². The average molecular weight is 430 g/mol. The first-order chi connectivity index (χ1) is 13.7. The number of rotatable bonds is 3. The molecule has 1 aliphatic rings. The lowest BCUT2D eigenvalue weighted by molar-refractivity contribution is 0.493. The second-order valence-electron chi connectivity index (χ2n) is 7.11. The van der Waals surface area contributed by atoms with Crippen molar-refractivity contribution in [3.63, 3.8) is 0 Å². The quantitative estimate of drug-likeness (QED) is 0.649. The highest BCUT2D eigenvalue weighted by molar-refractivity contribution is 7.98. The summed E-state index contributed by atoms with van der Waals surface area (Å²) >= 11 is 1.28. The van der Waals surface area contributed by atoms with Crippen LogP contribution in [0.15, 0.2) is 53.9 Å². The Hall–Kier alpha value is -2.78. The molecule has 4 heterocycles. The first-order valence-electron chi connectivity index (χ1n) is 8.80. The molecule has 1 unspecified atom stereocenters. The van der Waals surface area contributed by atoms with E-state index < -0.39 is 21.1 Å². The summed E-state index contributed by atoms with van der Waals surface area (Å²) in [6.45, 7) is 1.74. The van der Waals surface area contributed by atoms with Crippen molar-refractivity contribution in [2.75, 3.05) is 12.8 Å². The number of pyridine rings is 2. The third-order valence-corrected chi connectivity index (χ3v) is 8.50. The Morgan fingerprint density at radius 2 is 1.93 bits per heavy atom. The summed E-state index contributed by atoms with van der Waals surface area (Å²) < 4.78 is 29.2. The number of aliphatic imine (C=N–C) groups is 1. The van der Waals surface area contributed by atoms with Gasteiger partial charge in [-0.1, -0.05) is 0 Å². The Morgan fingerprint density at radius 3 is 2.62 bits per heavy atom. The monoisotopic (exact) mass is 429 g/mol. The minimum atomic E-state index is -2.68. The van der Waals surface area contributed by atoms with E-state index in [1.54, 1.807) is 32.6 Å². The van der Waals surface area contributed by atoms with E-state index in [0.29, 0.717) is 4.88 Å². The molecular weight excluding hydrogens is 409 g/mol. The molecular formula is C20H20FN5OS2. The number of nitrogens with zero attached hydrogens (tertiary/aromatic N) is 4. The van der Waals surface area contributed by atoms with Gasteiger partial charge in [-0.2, -0.15) is 0 Å². The maximum atomic E-state index is 15.0. The first kappa shape index (κ1) is 19.5. The lowest BCUT2D eigenvalue weighted by Gasteiger charge is -2.36. The Kier molecular flexibility index (Phi) is 4.66. The predicted molar refractivity (Wildman–Crippen MR) is 118 cm³/mol. The zero-order valence-electron chi connectivity index (χ0n) is 16.0. The van der Waals surface area contributed by atoms with Gasteiger partial charge in [0.05, 0.1) is 26.0 Å². The molecule has 0 amide bonds. The van der Waals surface area contributed by atoms with Gasteiger partial charge in [-0.15, -0.1) is 11.3 Å². The molecule has 150 valence electrons. The van der Waals surface area contributed by atoms with Gasteiger partial charge in [0.2, 0.25) is 5.96 Å². The molecule has 0 aromatic carbocycles. The molecule has 0 aliphatic carbocycles. The van der Waals surface area contributed by atoms with Crippen LogP contribution in [0.3, 0.4) is 0 Å². The molecule has 0 saturated carbocycles. The summed E-state index contributed by atoms with van der Waals surface area (Å²) in [5, 5.41) is 0. The van der Waals surface area contributed by atoms with Crippen molar-refractivity contribution in [3.05, 3.63) is 59.6 Å². The number of guanidine groups is 1. The number of thiophene rings is 1. The topological polar surface area (TPSA) is 84.5 Å². The Bertz CT molecular complexity index is 1210. The standard InChI is InChI=1S/C20H20FN5OS2/c1-20(12-29(3,27)26(2)19(22)25-20)18-15(21)11-17(28-18)14-6-9-24-16(10-14)13-4-7-23-8-5-13/h4-11H,3,12H2,1-2H3,(H2,22,25)/t20-,29?/m0/s1. The van der Waals surface area contributed by atoms with Gasteiger partial charge >= 0.3 is 0 Å². The Morgan fingerprint density at radius 1 is 1.24 bits per heavy atom. The van der Waals surface area contributed by atoms with Gasteiger partial charge in [-0.05, 0) is 48.7 Å². The van der Waals surface area contributed by atoms with Crippen molar-refractivity contribution in [2.24, 2.45) is 10.7 Å². The SMILES string of the molecule is C=S1(=O)C[C@@](C)(c2sc(-c3ccnc(-c4ccncc4)c3)cc2F)N=C(N)N1C. The van der Waals surface area contributed by atoms with Crippen LogP contribution < -0.4 is 5.73 Å². The fraction of sp³-hybridized carbons (Fsp3) is 0.200. The summed E-state index contributed by atoms with van der Waals surface area (Å²) in [6.07, 6.45) is 5.09. The van der Waals surface area contributed by atoms with Crippen LogP contribution >= 0.6 is 11.3 Å². The van der Waals surface area contributed by atoms with Crippen LogP contribution in [-0.4, -0.2) is 43.1 Å².